The second-order valence-electron chi connectivity index (χ2n) is 6.82. The van der Waals surface area contributed by atoms with Gasteiger partial charge in [0.05, 0.1) is 0 Å². The van der Waals surface area contributed by atoms with Gasteiger partial charge in [-0.2, -0.15) is 0 Å². The van der Waals surface area contributed by atoms with E-state index in [-0.39, 0.29) is 0 Å². The first kappa shape index (κ1) is 18.7. The lowest BCUT2D eigenvalue weighted by Crippen LogP contribution is -2.19. The molecule has 3 rings (SSSR count). The normalized spacial score (nSPS) is 17.7. The van der Waals surface area contributed by atoms with Crippen molar-refractivity contribution in [2.24, 2.45) is 10.9 Å². The van der Waals surface area contributed by atoms with Crippen LogP contribution in [-0.2, 0) is 0 Å². The van der Waals surface area contributed by atoms with Crippen LogP contribution in [0.5, 0.6) is 0 Å². The van der Waals surface area contributed by atoms with Gasteiger partial charge in [-0.1, -0.05) is 49.9 Å². The molecule has 2 aliphatic rings. The van der Waals surface area contributed by atoms with E-state index < -0.39 is 0 Å². The molecule has 1 aromatic rings. The zero-order chi connectivity index (χ0) is 19.2. The van der Waals surface area contributed by atoms with E-state index in [1.54, 1.807) is 6.20 Å². The van der Waals surface area contributed by atoms with E-state index in [1.807, 2.05) is 31.3 Å². The molecule has 0 radical (unpaired) electrons. The highest BCUT2D eigenvalue weighted by Gasteiger charge is 2.24. The predicted molar refractivity (Wildman–Crippen MR) is 118 cm³/mol. The Morgan fingerprint density at radius 3 is 2.70 bits per heavy atom. The molecule has 138 valence electrons. The standard InChI is InChI=1S/C24H27N3/c1-17-21-13-5-6-14-22(21)27-23(24(17)18(2)26-4)16-20(19-11-9-12-19)10-7-8-15-25-3/h5-8,10,13-16,19,26-27H,1-3,9,11-12H2,4H3/b10-7-,15-8-,20-16+. The van der Waals surface area contributed by atoms with E-state index in [0.717, 1.165) is 33.8 Å². The molecule has 27 heavy (non-hydrogen) atoms. The molecule has 1 fully saturated rings. The van der Waals surface area contributed by atoms with Crippen LogP contribution in [0.4, 0.5) is 5.69 Å². The van der Waals surface area contributed by atoms with Crippen LogP contribution in [0, 0.1) is 5.92 Å². The predicted octanol–water partition coefficient (Wildman–Crippen LogP) is 5.61. The maximum Gasteiger partial charge on any atom is 0.0487 e. The summed E-state index contributed by atoms with van der Waals surface area (Å²) < 4.78 is 0. The van der Waals surface area contributed by atoms with Crippen molar-refractivity contribution in [1.82, 2.24) is 5.32 Å². The first-order valence-corrected chi connectivity index (χ1v) is 9.33. The van der Waals surface area contributed by atoms with Crippen molar-refractivity contribution in [2.45, 2.75) is 19.3 Å². The maximum absolute atomic E-state index is 4.35. The quantitative estimate of drug-likeness (QED) is 0.491. The molecule has 3 nitrogen and oxygen atoms in total. The number of fused-ring (bicyclic) bond motifs is 1. The molecular weight excluding hydrogens is 330 g/mol. The third kappa shape index (κ3) is 4.03. The van der Waals surface area contributed by atoms with E-state index in [4.69, 9.17) is 0 Å². The smallest absolute Gasteiger partial charge is 0.0487 e. The van der Waals surface area contributed by atoms with Crippen LogP contribution in [0.2, 0.25) is 0 Å². The van der Waals surface area contributed by atoms with Gasteiger partial charge in [0.25, 0.3) is 0 Å². The Morgan fingerprint density at radius 1 is 1.26 bits per heavy atom. The molecule has 1 aromatic carbocycles. The number of nitrogens with zero attached hydrogens (tertiary/aromatic N) is 1. The lowest BCUT2D eigenvalue weighted by Gasteiger charge is -2.30. The lowest BCUT2D eigenvalue weighted by atomic mass is 9.78. The van der Waals surface area contributed by atoms with Crippen LogP contribution in [0.15, 0.2) is 95.5 Å². The number of benzene rings is 1. The number of para-hydroxylation sites is 1. The van der Waals surface area contributed by atoms with Crippen LogP contribution < -0.4 is 10.6 Å². The van der Waals surface area contributed by atoms with E-state index in [0.29, 0.717) is 5.92 Å². The van der Waals surface area contributed by atoms with Crippen molar-refractivity contribution in [3.8, 4) is 0 Å². The molecular formula is C24H27N3. The summed E-state index contributed by atoms with van der Waals surface area (Å²) in [5.41, 5.74) is 7.42. The van der Waals surface area contributed by atoms with Crippen LogP contribution in [-0.4, -0.2) is 13.8 Å². The Balaban J connectivity index is 2.05. The highest BCUT2D eigenvalue weighted by atomic mass is 14.9. The monoisotopic (exact) mass is 357 g/mol. The van der Waals surface area contributed by atoms with Crippen molar-refractivity contribution in [3.05, 3.63) is 96.0 Å². The number of hydrogen-bond donors (Lipinski definition) is 2. The third-order valence-corrected chi connectivity index (χ3v) is 5.18. The highest BCUT2D eigenvalue weighted by Crippen LogP contribution is 2.40. The van der Waals surface area contributed by atoms with Gasteiger partial charge in [0, 0.05) is 41.5 Å². The number of anilines is 1. The first-order valence-electron chi connectivity index (χ1n) is 9.33. The minimum absolute atomic E-state index is 0.593. The summed E-state index contributed by atoms with van der Waals surface area (Å²) in [6.45, 7) is 12.0. The Labute approximate surface area is 162 Å². The number of allylic oxidation sites excluding steroid dienone is 6. The number of hydrogen-bond acceptors (Lipinski definition) is 3. The minimum atomic E-state index is 0.593. The highest BCUT2D eigenvalue weighted by molar-refractivity contribution is 5.93. The van der Waals surface area contributed by atoms with E-state index in [9.17, 15) is 0 Å². The minimum Gasteiger partial charge on any atom is -0.388 e. The van der Waals surface area contributed by atoms with Crippen LogP contribution in [0.25, 0.3) is 5.57 Å². The SMILES string of the molecule is C=N\C=C/C=C\C(=C/C1=C(C(=C)NC)C(=C)c2ccccc2N1)C1CCC1. The number of aliphatic imine (C=N–C) groups is 1. The zero-order valence-electron chi connectivity index (χ0n) is 16.0. The van der Waals surface area contributed by atoms with E-state index >= 15 is 0 Å². The Hall–Kier alpha value is -3.07. The van der Waals surface area contributed by atoms with Crippen molar-refractivity contribution in [3.63, 3.8) is 0 Å². The van der Waals surface area contributed by atoms with Crippen molar-refractivity contribution in [2.75, 3.05) is 12.4 Å². The third-order valence-electron chi connectivity index (χ3n) is 5.18. The number of likely N-dealkylation sites (N-methyl/N-ethyl adjacent to an activating group) is 1. The zero-order valence-corrected chi connectivity index (χ0v) is 16.0. The second-order valence-corrected chi connectivity index (χ2v) is 6.82. The molecule has 0 amide bonds. The van der Waals surface area contributed by atoms with Gasteiger partial charge in [-0.3, -0.25) is 4.99 Å². The topological polar surface area (TPSA) is 36.4 Å². The van der Waals surface area contributed by atoms with Crippen molar-refractivity contribution >= 4 is 18.0 Å². The van der Waals surface area contributed by atoms with E-state index in [2.05, 4.69) is 59.8 Å². The van der Waals surface area contributed by atoms with Gasteiger partial charge < -0.3 is 10.6 Å². The van der Waals surface area contributed by atoms with Crippen molar-refractivity contribution in [1.29, 1.82) is 0 Å². The average Bonchev–Trinajstić information content (AvgIpc) is 2.63. The summed E-state index contributed by atoms with van der Waals surface area (Å²) in [5.74, 6) is 0.593. The van der Waals surface area contributed by atoms with Gasteiger partial charge in [0.1, 0.15) is 0 Å². The molecule has 3 heteroatoms. The first-order chi connectivity index (χ1) is 13.2. The maximum atomic E-state index is 4.35. The Morgan fingerprint density at radius 2 is 2.04 bits per heavy atom. The molecule has 1 saturated carbocycles. The second kappa shape index (κ2) is 8.54. The summed E-state index contributed by atoms with van der Waals surface area (Å²) in [7, 11) is 1.89. The van der Waals surface area contributed by atoms with Gasteiger partial charge in [-0.05, 0) is 54.8 Å². The summed E-state index contributed by atoms with van der Waals surface area (Å²) in [6, 6.07) is 8.26. The van der Waals surface area contributed by atoms with Gasteiger partial charge in [-0.25, -0.2) is 0 Å². The van der Waals surface area contributed by atoms with Crippen molar-refractivity contribution < 1.29 is 0 Å². The summed E-state index contributed by atoms with van der Waals surface area (Å²) in [4.78, 5) is 3.75. The van der Waals surface area contributed by atoms with Crippen LogP contribution in [0.3, 0.4) is 0 Å². The molecule has 0 spiro atoms. The molecule has 2 N–H and O–H groups in total. The number of rotatable bonds is 7. The molecule has 0 atom stereocenters. The van der Waals surface area contributed by atoms with Gasteiger partial charge in [0.15, 0.2) is 0 Å². The Bertz CT molecular complexity index is 877. The molecule has 0 saturated heterocycles. The van der Waals surface area contributed by atoms with Gasteiger partial charge in [0.2, 0.25) is 0 Å². The van der Waals surface area contributed by atoms with E-state index in [1.165, 1.54) is 24.8 Å². The summed E-state index contributed by atoms with van der Waals surface area (Å²) in [6.07, 6.45) is 13.8. The lowest BCUT2D eigenvalue weighted by molar-refractivity contribution is 0.374. The largest absolute Gasteiger partial charge is 0.388 e. The summed E-state index contributed by atoms with van der Waals surface area (Å²) in [5, 5.41) is 6.77. The molecule has 1 heterocycles. The molecule has 1 aliphatic carbocycles. The van der Waals surface area contributed by atoms with Crippen LogP contribution in [0.1, 0.15) is 24.8 Å². The fraction of sp³-hybridized carbons (Fsp3) is 0.208. The molecule has 1 aliphatic heterocycles. The molecule has 0 aromatic heterocycles. The summed E-state index contributed by atoms with van der Waals surface area (Å²) >= 11 is 0. The molecule has 0 bridgehead atoms. The fourth-order valence-corrected chi connectivity index (χ4v) is 3.43. The number of nitrogens with one attached hydrogen (secondary N) is 2. The average molecular weight is 358 g/mol. The van der Waals surface area contributed by atoms with Gasteiger partial charge in [-0.15, -0.1) is 0 Å². The van der Waals surface area contributed by atoms with Gasteiger partial charge >= 0.3 is 0 Å². The Kier molecular flexibility index (Phi) is 5.92. The molecule has 0 unspecified atom stereocenters. The van der Waals surface area contributed by atoms with Crippen LogP contribution >= 0.6 is 0 Å². The fourth-order valence-electron chi connectivity index (χ4n) is 3.43.